The number of hydrogen-bond acceptors (Lipinski definition) is 2. The number of halogens is 1. The Morgan fingerprint density at radius 1 is 1.64 bits per heavy atom. The number of urea groups is 1. The van der Waals surface area contributed by atoms with Gasteiger partial charge in [0.2, 0.25) is 0 Å². The molecule has 2 N–H and O–H groups in total. The number of carbonyl (C=O) groups excluding carboxylic acids is 1. The highest BCUT2D eigenvalue weighted by atomic mass is 79.9. The molecule has 1 aliphatic rings. The van der Waals surface area contributed by atoms with Gasteiger partial charge < -0.3 is 5.73 Å². The van der Waals surface area contributed by atoms with Crippen molar-refractivity contribution in [3.63, 3.8) is 0 Å². The maximum absolute atomic E-state index is 10.5. The summed E-state index contributed by atoms with van der Waals surface area (Å²) in [6.45, 7) is 0. The Morgan fingerprint density at radius 3 is 2.91 bits per heavy atom. The van der Waals surface area contributed by atoms with Crippen LogP contribution in [0.15, 0.2) is 27.8 Å². The van der Waals surface area contributed by atoms with Crippen LogP contribution in [0.2, 0.25) is 0 Å². The number of amides is 2. The molecule has 0 bridgehead atoms. The molecule has 1 heterocycles. The molecule has 0 aromatic carbocycles. The molecule has 0 spiro atoms. The van der Waals surface area contributed by atoms with Crippen LogP contribution < -0.4 is 11.1 Å². The van der Waals surface area contributed by atoms with Gasteiger partial charge in [0.15, 0.2) is 0 Å². The van der Waals surface area contributed by atoms with Crippen molar-refractivity contribution >= 4 is 27.8 Å². The van der Waals surface area contributed by atoms with Gasteiger partial charge >= 0.3 is 6.03 Å². The lowest BCUT2D eigenvalue weighted by molar-refractivity contribution is 0.251. The molecule has 0 atom stereocenters. The lowest BCUT2D eigenvalue weighted by atomic mass is 10.2. The summed E-state index contributed by atoms with van der Waals surface area (Å²) in [6.07, 6.45) is 3.04. The van der Waals surface area contributed by atoms with Crippen LogP contribution >= 0.6 is 15.9 Å². The molecule has 1 rings (SSSR count). The summed E-state index contributed by atoms with van der Waals surface area (Å²) in [5.41, 5.74) is 6.01. The highest BCUT2D eigenvalue weighted by molar-refractivity contribution is 9.11. The van der Waals surface area contributed by atoms with Crippen molar-refractivity contribution in [1.82, 2.24) is 5.32 Å². The monoisotopic (exact) mass is 214 g/mol. The van der Waals surface area contributed by atoms with Crippen molar-refractivity contribution in [3.05, 3.63) is 22.8 Å². The Hall–Kier alpha value is -1.10. The topological polar surface area (TPSA) is 69.5 Å². The number of aliphatic imine (C=N–C) groups is 1. The second kappa shape index (κ2) is 3.34. The summed E-state index contributed by atoms with van der Waals surface area (Å²) >= 11 is 3.07. The zero-order valence-electron chi connectivity index (χ0n) is 5.49. The molecule has 1 radical (unpaired) electrons. The van der Waals surface area contributed by atoms with E-state index in [0.717, 1.165) is 0 Å². The smallest absolute Gasteiger partial charge is 0.368 e. The van der Waals surface area contributed by atoms with Crippen LogP contribution in [0.25, 0.3) is 0 Å². The Bertz CT molecular complexity index is 267. The van der Waals surface area contributed by atoms with E-state index >= 15 is 0 Å². The van der Waals surface area contributed by atoms with Gasteiger partial charge in [0.1, 0.15) is 5.84 Å². The molecule has 0 saturated heterocycles. The Kier molecular flexibility index (Phi) is 2.43. The third kappa shape index (κ3) is 1.91. The van der Waals surface area contributed by atoms with Gasteiger partial charge in [-0.2, -0.15) is 10.3 Å². The zero-order valence-corrected chi connectivity index (χ0v) is 7.08. The van der Waals surface area contributed by atoms with Gasteiger partial charge in [-0.1, -0.05) is 15.9 Å². The Morgan fingerprint density at radius 2 is 2.36 bits per heavy atom. The van der Waals surface area contributed by atoms with Gasteiger partial charge in [-0.15, -0.1) is 0 Å². The first kappa shape index (κ1) is 8.00. The van der Waals surface area contributed by atoms with E-state index in [2.05, 4.69) is 26.2 Å². The van der Waals surface area contributed by atoms with Crippen LogP contribution in [-0.2, 0) is 0 Å². The van der Waals surface area contributed by atoms with Gasteiger partial charge in [0, 0.05) is 11.8 Å². The summed E-state index contributed by atoms with van der Waals surface area (Å²) in [6, 6.07) is -0.561. The van der Waals surface area contributed by atoms with Gasteiger partial charge in [-0.3, -0.25) is 0 Å². The van der Waals surface area contributed by atoms with Gasteiger partial charge in [0.05, 0.1) is 0 Å². The number of carbonyl (C=O) groups is 1. The van der Waals surface area contributed by atoms with E-state index in [0.29, 0.717) is 5.57 Å². The average Bonchev–Trinajstić information content (AvgIpc) is 1.95. The van der Waals surface area contributed by atoms with E-state index in [9.17, 15) is 4.79 Å². The quantitative estimate of drug-likeness (QED) is 0.704. The Balaban J connectivity index is 2.85. The van der Waals surface area contributed by atoms with Crippen LogP contribution in [0.5, 0.6) is 0 Å². The predicted octanol–water partition coefficient (Wildman–Crippen LogP) is 0.874. The van der Waals surface area contributed by atoms with E-state index in [1.54, 1.807) is 11.1 Å². The van der Waals surface area contributed by atoms with Crippen molar-refractivity contribution < 1.29 is 4.79 Å². The maximum Gasteiger partial charge on any atom is 0.368 e. The molecule has 1 aliphatic heterocycles. The van der Waals surface area contributed by atoms with Crippen molar-refractivity contribution in [1.29, 1.82) is 0 Å². The fourth-order valence-electron chi connectivity index (χ4n) is 0.584. The second-order valence-electron chi connectivity index (χ2n) is 1.79. The summed E-state index contributed by atoms with van der Waals surface area (Å²) < 4.78 is 0. The number of rotatable bonds is 1. The summed E-state index contributed by atoms with van der Waals surface area (Å²) in [7, 11) is 0. The van der Waals surface area contributed by atoms with E-state index in [-0.39, 0.29) is 5.84 Å². The van der Waals surface area contributed by atoms with E-state index in [1.807, 2.05) is 0 Å². The molecule has 0 aromatic rings. The van der Waals surface area contributed by atoms with Crippen LogP contribution in [0, 0.1) is 0 Å². The molecule has 5 heteroatoms. The normalized spacial score (nSPS) is 17.7. The molecule has 0 aromatic heterocycles. The highest BCUT2D eigenvalue weighted by Crippen LogP contribution is 2.03. The number of nitrogens with zero attached hydrogens (tertiary/aromatic N) is 2. The molecule has 11 heavy (non-hydrogen) atoms. The minimum absolute atomic E-state index is 0.195. The number of hydrogen-bond donors (Lipinski definition) is 1. The maximum atomic E-state index is 10.5. The summed E-state index contributed by atoms with van der Waals surface area (Å²) in [5.74, 6) is 0.195. The molecule has 2 amide bonds. The Labute approximate surface area is 72.0 Å². The standard InChI is InChI=1S/C6H5BrN3O/c7-2-1-4-3-9-6(11)10-5(4)8/h1-3H,(H2,8,10,11). The summed E-state index contributed by atoms with van der Waals surface area (Å²) in [4.78, 5) is 15.6. The third-order valence-electron chi connectivity index (χ3n) is 1.07. The van der Waals surface area contributed by atoms with Crippen LogP contribution in [0.3, 0.4) is 0 Å². The van der Waals surface area contributed by atoms with Gasteiger partial charge in [-0.25, -0.2) is 4.79 Å². The highest BCUT2D eigenvalue weighted by Gasteiger charge is 2.09. The second-order valence-corrected chi connectivity index (χ2v) is 2.31. The van der Waals surface area contributed by atoms with Crippen molar-refractivity contribution in [3.8, 4) is 0 Å². The molecular weight excluding hydrogens is 210 g/mol. The van der Waals surface area contributed by atoms with Crippen LogP contribution in [-0.4, -0.2) is 11.9 Å². The first-order valence-corrected chi connectivity index (χ1v) is 3.72. The number of nitrogens with two attached hydrogens (primary N) is 1. The van der Waals surface area contributed by atoms with Gasteiger partial charge in [0.25, 0.3) is 0 Å². The first-order valence-electron chi connectivity index (χ1n) is 2.80. The SMILES string of the molecule is NC1=NC(=O)[N]C=C1C=CBr. The van der Waals surface area contributed by atoms with Crippen molar-refractivity contribution in [2.75, 3.05) is 0 Å². The molecule has 0 fully saturated rings. The molecule has 57 valence electrons. The van der Waals surface area contributed by atoms with E-state index < -0.39 is 6.03 Å². The fourth-order valence-corrected chi connectivity index (χ4v) is 0.868. The lowest BCUT2D eigenvalue weighted by Crippen LogP contribution is -2.23. The van der Waals surface area contributed by atoms with E-state index in [1.165, 1.54) is 6.20 Å². The molecule has 4 nitrogen and oxygen atoms in total. The molecule has 0 unspecified atom stereocenters. The van der Waals surface area contributed by atoms with Gasteiger partial charge in [-0.05, 0) is 11.1 Å². The first-order chi connectivity index (χ1) is 5.24. The molecule has 0 aliphatic carbocycles. The summed E-state index contributed by atoms with van der Waals surface area (Å²) in [5, 5.41) is 3.44. The zero-order chi connectivity index (χ0) is 8.27. The van der Waals surface area contributed by atoms with Crippen molar-refractivity contribution in [2.24, 2.45) is 10.7 Å². The number of amidine groups is 1. The minimum atomic E-state index is -0.561. The van der Waals surface area contributed by atoms with Crippen LogP contribution in [0.4, 0.5) is 4.79 Å². The third-order valence-corrected chi connectivity index (χ3v) is 1.33. The van der Waals surface area contributed by atoms with Crippen LogP contribution in [0.1, 0.15) is 0 Å². The fraction of sp³-hybridized carbons (Fsp3) is 0. The largest absolute Gasteiger partial charge is 0.383 e. The predicted molar refractivity (Wildman–Crippen MR) is 45.3 cm³/mol. The average molecular weight is 215 g/mol. The van der Waals surface area contributed by atoms with Crippen molar-refractivity contribution in [2.45, 2.75) is 0 Å². The lowest BCUT2D eigenvalue weighted by Gasteiger charge is -2.04. The minimum Gasteiger partial charge on any atom is -0.383 e. The molecular formula is C6H5BrN3O. The molecule has 0 saturated carbocycles. The van der Waals surface area contributed by atoms with E-state index in [4.69, 9.17) is 5.73 Å².